The van der Waals surface area contributed by atoms with Crippen LogP contribution < -0.4 is 5.32 Å². The van der Waals surface area contributed by atoms with Gasteiger partial charge in [-0.2, -0.15) is 5.10 Å². The number of hydrogen-bond acceptors (Lipinski definition) is 3. The van der Waals surface area contributed by atoms with Crippen molar-refractivity contribution in [1.82, 2.24) is 10.2 Å². The van der Waals surface area contributed by atoms with Crippen molar-refractivity contribution in [3.8, 4) is 11.5 Å². The van der Waals surface area contributed by atoms with Gasteiger partial charge in [0, 0.05) is 12.6 Å². The van der Waals surface area contributed by atoms with Crippen LogP contribution in [-0.2, 0) is 0 Å². The van der Waals surface area contributed by atoms with Crippen LogP contribution in [0, 0.1) is 6.92 Å². The molecule has 68 valence electrons. The van der Waals surface area contributed by atoms with E-state index < -0.39 is 0 Å². The number of nitrogens with one attached hydrogen (secondary N) is 2. The van der Waals surface area contributed by atoms with Crippen LogP contribution in [0.2, 0.25) is 0 Å². The second kappa shape index (κ2) is 2.97. The molecule has 0 saturated heterocycles. The third kappa shape index (κ3) is 1.20. The molecule has 4 nitrogen and oxygen atoms in total. The fourth-order valence-electron chi connectivity index (χ4n) is 1.30. The molecule has 0 aromatic carbocycles. The molecule has 0 amide bonds. The maximum Gasteiger partial charge on any atom is 0.151 e. The minimum Gasteiger partial charge on any atom is -0.463 e. The summed E-state index contributed by atoms with van der Waals surface area (Å²) in [7, 11) is 1.84. The second-order valence-electron chi connectivity index (χ2n) is 2.80. The van der Waals surface area contributed by atoms with E-state index in [9.17, 15) is 0 Å². The van der Waals surface area contributed by atoms with E-state index in [0.29, 0.717) is 0 Å². The maximum atomic E-state index is 5.26. The van der Waals surface area contributed by atoms with E-state index >= 15 is 0 Å². The van der Waals surface area contributed by atoms with Gasteiger partial charge in [-0.15, -0.1) is 0 Å². The monoisotopic (exact) mass is 177 g/mol. The Balaban J connectivity index is 2.48. The van der Waals surface area contributed by atoms with Gasteiger partial charge >= 0.3 is 0 Å². The molecule has 2 rings (SSSR count). The van der Waals surface area contributed by atoms with E-state index in [2.05, 4.69) is 15.5 Å². The molecule has 0 spiro atoms. The Kier molecular flexibility index (Phi) is 1.81. The molecule has 0 unspecified atom stereocenters. The standard InChI is InChI=1S/C9H11N3O/c1-6-8(7-4-3-5-13-7)11-12-9(6)10-2/h3-5H,1-2H3,(H2,10,11,12). The fraction of sp³-hybridized carbons (Fsp3) is 0.222. The van der Waals surface area contributed by atoms with Crippen molar-refractivity contribution in [3.63, 3.8) is 0 Å². The molecule has 2 aromatic heterocycles. The molecule has 0 radical (unpaired) electrons. The van der Waals surface area contributed by atoms with Crippen molar-refractivity contribution < 1.29 is 4.42 Å². The predicted molar refractivity (Wildman–Crippen MR) is 50.6 cm³/mol. The fourth-order valence-corrected chi connectivity index (χ4v) is 1.30. The van der Waals surface area contributed by atoms with Crippen molar-refractivity contribution in [3.05, 3.63) is 24.0 Å². The summed E-state index contributed by atoms with van der Waals surface area (Å²) in [5.41, 5.74) is 1.99. The Bertz CT molecular complexity index is 389. The van der Waals surface area contributed by atoms with E-state index in [1.165, 1.54) is 0 Å². The van der Waals surface area contributed by atoms with Crippen molar-refractivity contribution in [1.29, 1.82) is 0 Å². The first-order valence-electron chi connectivity index (χ1n) is 4.09. The lowest BCUT2D eigenvalue weighted by Crippen LogP contribution is -1.89. The van der Waals surface area contributed by atoms with Gasteiger partial charge in [0.2, 0.25) is 0 Å². The molecule has 0 bridgehead atoms. The van der Waals surface area contributed by atoms with Crippen LogP contribution in [0.3, 0.4) is 0 Å². The lowest BCUT2D eigenvalue weighted by atomic mass is 10.2. The quantitative estimate of drug-likeness (QED) is 0.737. The normalized spacial score (nSPS) is 10.3. The van der Waals surface area contributed by atoms with Crippen molar-refractivity contribution in [2.75, 3.05) is 12.4 Å². The van der Waals surface area contributed by atoms with Crippen molar-refractivity contribution in [2.45, 2.75) is 6.92 Å². The van der Waals surface area contributed by atoms with Crippen LogP contribution >= 0.6 is 0 Å². The molecule has 0 saturated carbocycles. The van der Waals surface area contributed by atoms with Gasteiger partial charge in [0.15, 0.2) is 11.6 Å². The van der Waals surface area contributed by atoms with Gasteiger partial charge in [0.1, 0.15) is 5.69 Å². The number of aromatic amines is 1. The third-order valence-electron chi connectivity index (χ3n) is 2.01. The van der Waals surface area contributed by atoms with Gasteiger partial charge in [0.05, 0.1) is 6.26 Å². The Morgan fingerprint density at radius 1 is 1.54 bits per heavy atom. The van der Waals surface area contributed by atoms with Crippen LogP contribution in [-0.4, -0.2) is 17.2 Å². The van der Waals surface area contributed by atoms with Crippen LogP contribution in [0.25, 0.3) is 11.5 Å². The van der Waals surface area contributed by atoms with Gasteiger partial charge in [-0.05, 0) is 19.1 Å². The first-order valence-corrected chi connectivity index (χ1v) is 4.09. The van der Waals surface area contributed by atoms with E-state index in [0.717, 1.165) is 22.8 Å². The molecule has 0 aliphatic carbocycles. The minimum atomic E-state index is 0.812. The van der Waals surface area contributed by atoms with Crippen LogP contribution in [0.15, 0.2) is 22.8 Å². The summed E-state index contributed by atoms with van der Waals surface area (Å²) in [5, 5.41) is 10.0. The highest BCUT2D eigenvalue weighted by atomic mass is 16.3. The summed E-state index contributed by atoms with van der Waals surface area (Å²) in [6.45, 7) is 1.99. The Hall–Kier alpha value is -1.71. The lowest BCUT2D eigenvalue weighted by Gasteiger charge is -1.95. The summed E-state index contributed by atoms with van der Waals surface area (Å²) >= 11 is 0. The zero-order chi connectivity index (χ0) is 9.26. The topological polar surface area (TPSA) is 53.9 Å². The van der Waals surface area contributed by atoms with Crippen LogP contribution in [0.4, 0.5) is 5.82 Å². The number of rotatable bonds is 2. The highest BCUT2D eigenvalue weighted by molar-refractivity contribution is 5.63. The number of H-pyrrole nitrogens is 1. The summed E-state index contributed by atoms with van der Waals surface area (Å²) in [4.78, 5) is 0. The number of anilines is 1. The summed E-state index contributed by atoms with van der Waals surface area (Å²) in [5.74, 6) is 1.66. The smallest absolute Gasteiger partial charge is 0.151 e. The van der Waals surface area contributed by atoms with Gasteiger partial charge < -0.3 is 9.73 Å². The van der Waals surface area contributed by atoms with Crippen LogP contribution in [0.5, 0.6) is 0 Å². The zero-order valence-corrected chi connectivity index (χ0v) is 7.59. The van der Waals surface area contributed by atoms with Gasteiger partial charge in [-0.1, -0.05) is 0 Å². The number of furan rings is 1. The summed E-state index contributed by atoms with van der Waals surface area (Å²) in [6, 6.07) is 3.76. The van der Waals surface area contributed by atoms with Gasteiger partial charge in [-0.3, -0.25) is 5.10 Å². The Morgan fingerprint density at radius 3 is 2.92 bits per heavy atom. The third-order valence-corrected chi connectivity index (χ3v) is 2.01. The minimum absolute atomic E-state index is 0.812. The molecule has 4 heteroatoms. The summed E-state index contributed by atoms with van der Waals surface area (Å²) < 4.78 is 5.26. The first-order chi connectivity index (χ1) is 6.33. The number of hydrogen-bond donors (Lipinski definition) is 2. The SMILES string of the molecule is CNc1n[nH]c(-c2ccco2)c1C. The molecular formula is C9H11N3O. The highest BCUT2D eigenvalue weighted by Gasteiger charge is 2.10. The predicted octanol–water partition coefficient (Wildman–Crippen LogP) is 2.02. The zero-order valence-electron chi connectivity index (χ0n) is 7.59. The van der Waals surface area contributed by atoms with Gasteiger partial charge in [0.25, 0.3) is 0 Å². The summed E-state index contributed by atoms with van der Waals surface area (Å²) in [6.07, 6.45) is 1.65. The molecule has 0 atom stereocenters. The first kappa shape index (κ1) is 7.91. The van der Waals surface area contributed by atoms with E-state index in [1.807, 2.05) is 26.1 Å². The highest BCUT2D eigenvalue weighted by Crippen LogP contribution is 2.25. The van der Waals surface area contributed by atoms with E-state index in [1.54, 1.807) is 6.26 Å². The second-order valence-corrected chi connectivity index (χ2v) is 2.80. The number of nitrogens with zero attached hydrogens (tertiary/aromatic N) is 1. The van der Waals surface area contributed by atoms with Crippen molar-refractivity contribution in [2.24, 2.45) is 0 Å². The Morgan fingerprint density at radius 2 is 2.38 bits per heavy atom. The lowest BCUT2D eigenvalue weighted by molar-refractivity contribution is 0.579. The molecule has 0 aliphatic rings. The van der Waals surface area contributed by atoms with E-state index in [-0.39, 0.29) is 0 Å². The average Bonchev–Trinajstić information content (AvgIpc) is 2.72. The maximum absolute atomic E-state index is 5.26. The molecular weight excluding hydrogens is 166 g/mol. The average molecular weight is 177 g/mol. The Labute approximate surface area is 76.0 Å². The largest absolute Gasteiger partial charge is 0.463 e. The molecule has 13 heavy (non-hydrogen) atoms. The van der Waals surface area contributed by atoms with Crippen LogP contribution in [0.1, 0.15) is 5.56 Å². The molecule has 2 heterocycles. The molecule has 2 N–H and O–H groups in total. The van der Waals surface area contributed by atoms with Crippen molar-refractivity contribution >= 4 is 5.82 Å². The molecule has 0 fully saturated rings. The molecule has 0 aliphatic heterocycles. The van der Waals surface area contributed by atoms with Gasteiger partial charge in [-0.25, -0.2) is 0 Å². The number of aromatic nitrogens is 2. The van der Waals surface area contributed by atoms with E-state index in [4.69, 9.17) is 4.42 Å². The molecule has 2 aromatic rings.